The molecule has 0 saturated carbocycles. The highest BCUT2D eigenvalue weighted by atomic mass is 16.7. The minimum Gasteiger partial charge on any atom is -0.463 e. The third kappa shape index (κ3) is 12.4. The van der Waals surface area contributed by atoms with Crippen molar-refractivity contribution in [3.8, 4) is 0 Å². The molecule has 0 aromatic rings. The largest absolute Gasteiger partial charge is 0.463 e. The van der Waals surface area contributed by atoms with Crippen LogP contribution < -0.4 is 0 Å². The Morgan fingerprint density at radius 3 is 1.90 bits per heavy atom. The van der Waals surface area contributed by atoms with Crippen LogP contribution in [-0.4, -0.2) is 116 Å². The Morgan fingerprint density at radius 2 is 1.29 bits per heavy atom. The fourth-order valence-electron chi connectivity index (χ4n) is 5.14. The molecule has 0 aromatic heterocycles. The molecule has 2 heterocycles. The maximum absolute atomic E-state index is 12.2. The van der Waals surface area contributed by atoms with Crippen molar-refractivity contribution < 1.29 is 59.5 Å². The van der Waals surface area contributed by atoms with Gasteiger partial charge in [0.1, 0.15) is 55.4 Å². The quantitative estimate of drug-likeness (QED) is 0.0595. The molecule has 0 radical (unpaired) electrons. The van der Waals surface area contributed by atoms with Crippen LogP contribution in [0.25, 0.3) is 0 Å². The molecule has 2 rings (SSSR count). The van der Waals surface area contributed by atoms with E-state index < -0.39 is 80.6 Å². The fourth-order valence-corrected chi connectivity index (χ4v) is 5.14. The van der Waals surface area contributed by atoms with Gasteiger partial charge in [-0.05, 0) is 32.1 Å². The normalized spacial score (nSPS) is 33.7. The van der Waals surface area contributed by atoms with E-state index in [1.165, 1.54) is 38.5 Å². The number of allylic oxidation sites excluding steroid dienone is 2. The summed E-state index contributed by atoms with van der Waals surface area (Å²) < 4.78 is 21.2. The maximum atomic E-state index is 12.2. The number of aliphatic hydroxyl groups excluding tert-OH is 7. The first kappa shape index (κ1) is 37.0. The predicted molar refractivity (Wildman–Crippen MR) is 152 cm³/mol. The van der Waals surface area contributed by atoms with Gasteiger partial charge in [-0.1, -0.05) is 70.4 Å². The zero-order valence-electron chi connectivity index (χ0n) is 24.9. The molecule has 10 atom stereocenters. The van der Waals surface area contributed by atoms with Crippen molar-refractivity contribution in [1.82, 2.24) is 0 Å². The van der Waals surface area contributed by atoms with Gasteiger partial charge in [0.25, 0.3) is 0 Å². The highest BCUT2D eigenvalue weighted by Crippen LogP contribution is 2.29. The topological polar surface area (TPSA) is 196 Å². The van der Waals surface area contributed by atoms with Crippen LogP contribution in [0.4, 0.5) is 0 Å². The number of carbonyl (C=O) groups excluding carboxylic acids is 1. The van der Waals surface area contributed by atoms with Crippen molar-refractivity contribution >= 4 is 5.97 Å². The summed E-state index contributed by atoms with van der Waals surface area (Å²) >= 11 is 0. The molecule has 246 valence electrons. The average molecular weight is 607 g/mol. The fraction of sp³-hybridized carbons (Fsp3) is 0.900. The van der Waals surface area contributed by atoms with Crippen LogP contribution in [0, 0.1) is 0 Å². The minimum absolute atomic E-state index is 0.191. The third-order valence-electron chi connectivity index (χ3n) is 7.85. The number of esters is 1. The van der Waals surface area contributed by atoms with Crippen LogP contribution in [0.15, 0.2) is 12.2 Å². The van der Waals surface area contributed by atoms with Crippen LogP contribution in [0.2, 0.25) is 0 Å². The van der Waals surface area contributed by atoms with Crippen molar-refractivity contribution in [1.29, 1.82) is 0 Å². The highest BCUT2D eigenvalue weighted by molar-refractivity contribution is 5.69. The second-order valence-electron chi connectivity index (χ2n) is 11.4. The van der Waals surface area contributed by atoms with Crippen LogP contribution in [-0.2, 0) is 23.7 Å². The van der Waals surface area contributed by atoms with E-state index in [4.69, 9.17) is 18.9 Å². The summed E-state index contributed by atoms with van der Waals surface area (Å²) in [5.41, 5.74) is 0. The van der Waals surface area contributed by atoms with Crippen LogP contribution in [0.5, 0.6) is 0 Å². The summed E-state index contributed by atoms with van der Waals surface area (Å²) in [7, 11) is 0. The summed E-state index contributed by atoms with van der Waals surface area (Å²) in [5, 5.41) is 70.2. The number of carbonyl (C=O) groups is 1. The SMILES string of the molecule is CCCCCCCCC=CCCCCCCCC(=O)OCC1OC(OC2C(CO)OC(O)C(O)C2O)C(O)C(O)C1O. The van der Waals surface area contributed by atoms with Gasteiger partial charge in [0, 0.05) is 6.42 Å². The number of hydrogen-bond donors (Lipinski definition) is 7. The van der Waals surface area contributed by atoms with Gasteiger partial charge < -0.3 is 54.7 Å². The number of ether oxygens (including phenoxy) is 4. The lowest BCUT2D eigenvalue weighted by Gasteiger charge is -2.45. The van der Waals surface area contributed by atoms with Crippen LogP contribution in [0.3, 0.4) is 0 Å². The molecule has 42 heavy (non-hydrogen) atoms. The molecule has 10 unspecified atom stereocenters. The molecule has 2 saturated heterocycles. The average Bonchev–Trinajstić information content (AvgIpc) is 2.98. The molecular formula is C30H54O12. The Balaban J connectivity index is 1.62. The Labute approximate surface area is 249 Å². The van der Waals surface area contributed by atoms with Crippen molar-refractivity contribution in [2.24, 2.45) is 0 Å². The van der Waals surface area contributed by atoms with Crippen LogP contribution >= 0.6 is 0 Å². The Hall–Kier alpha value is -1.19. The van der Waals surface area contributed by atoms with Crippen molar-refractivity contribution in [3.63, 3.8) is 0 Å². The van der Waals surface area contributed by atoms with Gasteiger partial charge in [-0.3, -0.25) is 4.79 Å². The van der Waals surface area contributed by atoms with Gasteiger partial charge in [0.05, 0.1) is 6.61 Å². The zero-order valence-corrected chi connectivity index (χ0v) is 24.9. The zero-order chi connectivity index (χ0) is 30.9. The second-order valence-corrected chi connectivity index (χ2v) is 11.4. The van der Waals surface area contributed by atoms with Gasteiger partial charge in [0.15, 0.2) is 12.6 Å². The van der Waals surface area contributed by atoms with E-state index >= 15 is 0 Å². The molecule has 2 aliphatic heterocycles. The van der Waals surface area contributed by atoms with Crippen molar-refractivity contribution in [3.05, 3.63) is 12.2 Å². The monoisotopic (exact) mass is 606 g/mol. The summed E-state index contributed by atoms with van der Waals surface area (Å²) in [6.45, 7) is 1.12. The first-order chi connectivity index (χ1) is 20.2. The van der Waals surface area contributed by atoms with Crippen LogP contribution in [0.1, 0.15) is 96.8 Å². The summed E-state index contributed by atoms with van der Waals surface area (Å²) in [5.74, 6) is -0.491. The second kappa shape index (κ2) is 20.7. The molecule has 0 spiro atoms. The molecule has 7 N–H and O–H groups in total. The molecule has 2 aliphatic rings. The highest BCUT2D eigenvalue weighted by Gasteiger charge is 2.50. The van der Waals surface area contributed by atoms with Gasteiger partial charge in [-0.2, -0.15) is 0 Å². The van der Waals surface area contributed by atoms with Crippen molar-refractivity contribution in [2.45, 2.75) is 158 Å². The van der Waals surface area contributed by atoms with E-state index in [0.29, 0.717) is 6.42 Å². The van der Waals surface area contributed by atoms with E-state index in [-0.39, 0.29) is 6.42 Å². The molecule has 0 amide bonds. The van der Waals surface area contributed by atoms with Gasteiger partial charge in [-0.25, -0.2) is 0 Å². The molecule has 0 aliphatic carbocycles. The molecule has 12 heteroatoms. The number of unbranched alkanes of at least 4 members (excludes halogenated alkanes) is 11. The smallest absolute Gasteiger partial charge is 0.305 e. The van der Waals surface area contributed by atoms with E-state index in [9.17, 15) is 40.5 Å². The molecule has 12 nitrogen and oxygen atoms in total. The molecule has 0 bridgehead atoms. The minimum atomic E-state index is -1.77. The summed E-state index contributed by atoms with van der Waals surface area (Å²) in [6, 6.07) is 0. The Bertz CT molecular complexity index is 750. The van der Waals surface area contributed by atoms with Gasteiger partial charge >= 0.3 is 5.97 Å². The lowest BCUT2D eigenvalue weighted by atomic mass is 9.97. The lowest BCUT2D eigenvalue weighted by molar-refractivity contribution is -0.355. The summed E-state index contributed by atoms with van der Waals surface area (Å²) in [6.07, 6.45) is 3.67. The number of aliphatic hydroxyl groups is 7. The summed E-state index contributed by atoms with van der Waals surface area (Å²) in [4.78, 5) is 12.2. The molecular weight excluding hydrogens is 552 g/mol. The van der Waals surface area contributed by atoms with E-state index in [1.54, 1.807) is 0 Å². The maximum Gasteiger partial charge on any atom is 0.305 e. The Kier molecular flexibility index (Phi) is 18.2. The van der Waals surface area contributed by atoms with E-state index in [2.05, 4.69) is 19.1 Å². The van der Waals surface area contributed by atoms with E-state index in [0.717, 1.165) is 38.5 Å². The number of rotatable bonds is 20. The Morgan fingerprint density at radius 1 is 0.690 bits per heavy atom. The standard InChI is InChI=1S/C30H54O12/c1-2-3-4-5-6-7-8-9-10-11-12-13-14-15-16-17-22(32)39-19-21-23(33)24(34)27(37)30(41-21)42-28-20(18-31)40-29(38)26(36)25(28)35/h9-10,20-21,23-31,33-38H,2-8,11-19H2,1H3. The van der Waals surface area contributed by atoms with Gasteiger partial charge in [0.2, 0.25) is 0 Å². The van der Waals surface area contributed by atoms with Gasteiger partial charge in [-0.15, -0.1) is 0 Å². The first-order valence-electron chi connectivity index (χ1n) is 15.7. The third-order valence-corrected chi connectivity index (χ3v) is 7.85. The predicted octanol–water partition coefficient (Wildman–Crippen LogP) is 1.19. The lowest BCUT2D eigenvalue weighted by Crippen LogP contribution is -2.64. The number of hydrogen-bond acceptors (Lipinski definition) is 12. The molecule has 2 fully saturated rings. The van der Waals surface area contributed by atoms with E-state index in [1.807, 2.05) is 0 Å². The van der Waals surface area contributed by atoms with Crippen molar-refractivity contribution in [2.75, 3.05) is 13.2 Å². The molecule has 0 aromatic carbocycles. The first-order valence-corrected chi connectivity index (χ1v) is 15.7.